The predicted octanol–water partition coefficient (Wildman–Crippen LogP) is 5.70. The van der Waals surface area contributed by atoms with E-state index in [1.807, 2.05) is 36.4 Å². The molecule has 4 aromatic carbocycles. The molecule has 2 aliphatic rings. The van der Waals surface area contributed by atoms with Gasteiger partial charge in [-0.1, -0.05) is 48.5 Å². The number of benzene rings is 4. The van der Waals surface area contributed by atoms with Crippen molar-refractivity contribution in [3.8, 4) is 0 Å². The number of nitrogens with zero attached hydrogens (tertiary/aromatic N) is 4. The van der Waals surface area contributed by atoms with Gasteiger partial charge in [0.2, 0.25) is 0 Å². The topological polar surface area (TPSA) is 196 Å². The Morgan fingerprint density at radius 2 is 1.41 bits per heavy atom. The lowest BCUT2D eigenvalue weighted by Gasteiger charge is -2.42. The number of carbonyl (C=O) groups excluding carboxylic acids is 5. The van der Waals surface area contributed by atoms with Crippen LogP contribution < -0.4 is 5.32 Å². The molecular formula is C42H39N5O11. The Hall–Kier alpha value is -6.68. The first-order chi connectivity index (χ1) is 27.9. The number of aromatic nitrogens is 4. The lowest BCUT2D eigenvalue weighted by Crippen LogP contribution is -2.49. The fraction of sp³-hybridized carbons (Fsp3) is 0.333. The Labute approximate surface area is 330 Å². The van der Waals surface area contributed by atoms with E-state index in [0.29, 0.717) is 22.3 Å². The van der Waals surface area contributed by atoms with E-state index >= 15 is 0 Å². The van der Waals surface area contributed by atoms with Gasteiger partial charge in [0.1, 0.15) is 31.4 Å². The Kier molecular flexibility index (Phi) is 10.1. The molecule has 16 heteroatoms. The number of esters is 5. The molecule has 0 spiro atoms. The van der Waals surface area contributed by atoms with E-state index in [0.717, 1.165) is 32.3 Å². The van der Waals surface area contributed by atoms with Gasteiger partial charge in [-0.3, -0.25) is 28.5 Å². The van der Waals surface area contributed by atoms with Gasteiger partial charge in [0, 0.05) is 46.6 Å². The van der Waals surface area contributed by atoms with Gasteiger partial charge < -0.3 is 33.7 Å². The average Bonchev–Trinajstić information content (AvgIpc) is 3.79. The van der Waals surface area contributed by atoms with Gasteiger partial charge in [-0.15, -0.1) is 0 Å². The molecule has 0 amide bonds. The van der Waals surface area contributed by atoms with E-state index in [1.165, 1.54) is 47.3 Å². The summed E-state index contributed by atoms with van der Waals surface area (Å²) in [6.07, 6.45) is -2.80. The summed E-state index contributed by atoms with van der Waals surface area (Å²) < 4.78 is 36.4. The zero-order valence-electron chi connectivity index (χ0n) is 32.2. The van der Waals surface area contributed by atoms with Gasteiger partial charge in [-0.05, 0) is 50.0 Å². The fourth-order valence-electron chi connectivity index (χ4n) is 8.15. The average molecular weight is 790 g/mol. The highest BCUT2D eigenvalue weighted by Gasteiger charge is 2.50. The van der Waals surface area contributed by atoms with E-state index in [1.54, 1.807) is 4.57 Å². The zero-order chi connectivity index (χ0) is 40.8. The first-order valence-electron chi connectivity index (χ1n) is 18.7. The maximum absolute atomic E-state index is 12.9. The third-order valence-electron chi connectivity index (χ3n) is 10.3. The lowest BCUT2D eigenvalue weighted by molar-refractivity contribution is -0.187. The summed E-state index contributed by atoms with van der Waals surface area (Å²) in [7, 11) is 0. The minimum absolute atomic E-state index is 0.131. The molecule has 1 saturated heterocycles. The second kappa shape index (κ2) is 15.3. The van der Waals surface area contributed by atoms with Gasteiger partial charge in [-0.25, -0.2) is 15.0 Å². The van der Waals surface area contributed by atoms with Crippen LogP contribution in [-0.4, -0.2) is 80.4 Å². The van der Waals surface area contributed by atoms with E-state index in [9.17, 15) is 24.0 Å². The number of anilines is 1. The molecule has 298 valence electrons. The van der Waals surface area contributed by atoms with Gasteiger partial charge in [0.15, 0.2) is 35.3 Å². The smallest absolute Gasteiger partial charge is 0.303 e. The summed E-state index contributed by atoms with van der Waals surface area (Å²) in [5, 5.41) is 9.11. The third kappa shape index (κ3) is 7.22. The fourth-order valence-corrected chi connectivity index (χ4v) is 8.15. The Morgan fingerprint density at radius 3 is 2.16 bits per heavy atom. The third-order valence-corrected chi connectivity index (χ3v) is 10.3. The summed E-state index contributed by atoms with van der Waals surface area (Å²) in [5.41, 5.74) is 1.81. The molecule has 58 heavy (non-hydrogen) atoms. The molecule has 0 unspecified atom stereocenters. The minimum Gasteiger partial charge on any atom is -0.463 e. The summed E-state index contributed by atoms with van der Waals surface area (Å²) >= 11 is 0. The Morgan fingerprint density at radius 1 is 0.724 bits per heavy atom. The summed E-state index contributed by atoms with van der Waals surface area (Å²) in [5.74, 6) is -2.77. The molecule has 3 heterocycles. The maximum Gasteiger partial charge on any atom is 0.303 e. The number of hydrogen-bond acceptors (Lipinski definition) is 15. The van der Waals surface area contributed by atoms with Crippen LogP contribution in [0.1, 0.15) is 70.5 Å². The van der Waals surface area contributed by atoms with Crippen LogP contribution in [0.4, 0.5) is 5.82 Å². The Balaban J connectivity index is 1.29. The minimum atomic E-state index is -1.27. The van der Waals surface area contributed by atoms with Crippen molar-refractivity contribution in [3.63, 3.8) is 0 Å². The van der Waals surface area contributed by atoms with Crippen LogP contribution in [0.2, 0.25) is 0 Å². The second-order valence-electron chi connectivity index (χ2n) is 14.3. The standard InChI is InChI=1S/C42H39N5O11/c1-20(48)53-17-33-32(54-21(2)49)16-34(58-33)47-19-45-37-41(43-18-44-42(37)47)46-36-35-29(38(55-22(3)50)40(57-24(5)52)39(36)56-23(4)51)13-12-27-14-26-11-10-25-8-6-7-9-28(25)30(26)15-31(27)35/h6-15,18-19,32-34,36,38-40H,16-17H2,1-5H3,(H,43,44,46)/t32-,33+,34+,36-,38-,39+,40+/m0/s1. The Bertz CT molecular complexity index is 2640. The number of imidazole rings is 1. The van der Waals surface area contributed by atoms with Gasteiger partial charge in [0.05, 0.1) is 12.4 Å². The number of ether oxygens (including phenoxy) is 6. The van der Waals surface area contributed by atoms with Gasteiger partial charge >= 0.3 is 29.8 Å². The van der Waals surface area contributed by atoms with Crippen molar-refractivity contribution in [1.82, 2.24) is 19.5 Å². The summed E-state index contributed by atoms with van der Waals surface area (Å²) in [6, 6.07) is 19.1. The van der Waals surface area contributed by atoms with Gasteiger partial charge in [-0.2, -0.15) is 0 Å². The summed E-state index contributed by atoms with van der Waals surface area (Å²) in [6.45, 7) is 6.15. The maximum atomic E-state index is 12.9. The molecule has 2 aromatic heterocycles. The number of hydrogen-bond donors (Lipinski definition) is 1. The molecule has 7 atom stereocenters. The van der Waals surface area contributed by atoms with Crippen LogP contribution in [0, 0.1) is 0 Å². The number of rotatable bonds is 9. The van der Waals surface area contributed by atoms with E-state index < -0.39 is 72.6 Å². The number of carbonyl (C=O) groups is 5. The van der Waals surface area contributed by atoms with Crippen molar-refractivity contribution in [1.29, 1.82) is 0 Å². The summed E-state index contributed by atoms with van der Waals surface area (Å²) in [4.78, 5) is 75.6. The van der Waals surface area contributed by atoms with Crippen LogP contribution in [0.25, 0.3) is 43.5 Å². The second-order valence-corrected chi connectivity index (χ2v) is 14.3. The molecule has 16 nitrogen and oxygen atoms in total. The molecule has 0 saturated carbocycles. The van der Waals surface area contributed by atoms with Crippen LogP contribution in [0.15, 0.2) is 73.3 Å². The SMILES string of the molecule is CC(=O)OC[C@H]1O[C@@H](n2cnc3c(N[C@H]4c5c(ccc6cc7ccc8ccccc8c7cc56)[C@H](OC(C)=O)[C@@H](OC(C)=O)[C@@H]4OC(C)=O)ncnc32)C[C@@H]1OC(C)=O. The van der Waals surface area contributed by atoms with Crippen molar-refractivity contribution in [3.05, 3.63) is 84.4 Å². The monoisotopic (exact) mass is 789 g/mol. The van der Waals surface area contributed by atoms with Crippen LogP contribution in [-0.2, 0) is 52.4 Å². The number of fused-ring (bicyclic) bond motifs is 7. The molecule has 6 aromatic rings. The van der Waals surface area contributed by atoms with Crippen LogP contribution >= 0.6 is 0 Å². The molecule has 1 N–H and O–H groups in total. The molecule has 1 aliphatic carbocycles. The molecule has 8 rings (SSSR count). The van der Waals surface area contributed by atoms with Crippen molar-refractivity contribution < 1.29 is 52.4 Å². The van der Waals surface area contributed by atoms with E-state index in [-0.39, 0.29) is 18.8 Å². The predicted molar refractivity (Wildman–Crippen MR) is 207 cm³/mol. The largest absolute Gasteiger partial charge is 0.463 e. The van der Waals surface area contributed by atoms with E-state index in [2.05, 4.69) is 44.5 Å². The molecular weight excluding hydrogens is 750 g/mol. The quantitative estimate of drug-likeness (QED) is 0.0810. The van der Waals surface area contributed by atoms with E-state index in [4.69, 9.17) is 28.4 Å². The highest BCUT2D eigenvalue weighted by molar-refractivity contribution is 6.12. The molecule has 0 bridgehead atoms. The van der Waals surface area contributed by atoms with Crippen molar-refractivity contribution >= 4 is 79.1 Å². The van der Waals surface area contributed by atoms with Crippen molar-refractivity contribution in [2.75, 3.05) is 11.9 Å². The first-order valence-corrected chi connectivity index (χ1v) is 18.7. The highest BCUT2D eigenvalue weighted by Crippen LogP contribution is 2.47. The molecule has 0 radical (unpaired) electrons. The normalized spacial score (nSPS) is 22.7. The van der Waals surface area contributed by atoms with Gasteiger partial charge in [0.25, 0.3) is 0 Å². The van der Waals surface area contributed by atoms with Crippen molar-refractivity contribution in [2.45, 2.75) is 83.8 Å². The first kappa shape index (κ1) is 38.2. The molecule has 1 fully saturated rings. The van der Waals surface area contributed by atoms with Crippen LogP contribution in [0.5, 0.6) is 0 Å². The highest BCUT2D eigenvalue weighted by atomic mass is 16.6. The molecule has 1 aliphatic heterocycles. The number of nitrogens with one attached hydrogen (secondary N) is 1. The lowest BCUT2D eigenvalue weighted by atomic mass is 9.78. The van der Waals surface area contributed by atoms with Crippen molar-refractivity contribution in [2.24, 2.45) is 0 Å². The zero-order valence-corrected chi connectivity index (χ0v) is 32.2. The van der Waals surface area contributed by atoms with Crippen LogP contribution in [0.3, 0.4) is 0 Å².